The van der Waals surface area contributed by atoms with Gasteiger partial charge in [0.2, 0.25) is 0 Å². The van der Waals surface area contributed by atoms with Gasteiger partial charge in [-0.25, -0.2) is 0 Å². The van der Waals surface area contributed by atoms with Crippen LogP contribution in [0.5, 0.6) is 0 Å². The molecule has 0 radical (unpaired) electrons. The Labute approximate surface area is 155 Å². The molecule has 0 amide bonds. The number of hydrogen-bond acceptors (Lipinski definition) is 5. The molecule has 5 rings (SSSR count). The fraction of sp³-hybridized carbons (Fsp3) is 0.143. The number of aliphatic imine (C=N–C) groups is 1. The van der Waals surface area contributed by atoms with Crippen molar-refractivity contribution in [1.29, 1.82) is 0 Å². The Hall–Kier alpha value is -3.38. The number of hydrogen-bond donors (Lipinski definition) is 1. The van der Waals surface area contributed by atoms with Crippen molar-refractivity contribution in [2.75, 3.05) is 6.61 Å². The first-order valence-electron chi connectivity index (χ1n) is 8.83. The van der Waals surface area contributed by atoms with Gasteiger partial charge in [0.15, 0.2) is 0 Å². The van der Waals surface area contributed by atoms with Crippen LogP contribution in [-0.2, 0) is 6.54 Å². The van der Waals surface area contributed by atoms with E-state index >= 15 is 0 Å². The summed E-state index contributed by atoms with van der Waals surface area (Å²) < 4.78 is 1.89. The van der Waals surface area contributed by atoms with E-state index in [1.165, 1.54) is 0 Å². The van der Waals surface area contributed by atoms with Crippen molar-refractivity contribution >= 4 is 17.1 Å². The third-order valence-electron chi connectivity index (χ3n) is 4.77. The first-order chi connectivity index (χ1) is 13.3. The molecule has 1 aromatic carbocycles. The SMILES string of the molecule is OCC1Cn2nc(-c3ccnc(-c4cnc5ccccc5c4)c3)cc2C=N1. The van der Waals surface area contributed by atoms with Gasteiger partial charge < -0.3 is 5.11 Å². The molecule has 1 aliphatic heterocycles. The van der Waals surface area contributed by atoms with Gasteiger partial charge >= 0.3 is 0 Å². The maximum absolute atomic E-state index is 9.31. The van der Waals surface area contributed by atoms with Gasteiger partial charge in [0.1, 0.15) is 0 Å². The lowest BCUT2D eigenvalue weighted by atomic mass is 10.1. The van der Waals surface area contributed by atoms with Gasteiger partial charge in [0, 0.05) is 35.1 Å². The highest BCUT2D eigenvalue weighted by Crippen LogP contribution is 2.26. The quantitative estimate of drug-likeness (QED) is 0.613. The number of aliphatic hydroxyl groups is 1. The van der Waals surface area contributed by atoms with Crippen molar-refractivity contribution in [2.24, 2.45) is 4.99 Å². The van der Waals surface area contributed by atoms with Gasteiger partial charge in [-0.2, -0.15) is 5.10 Å². The minimum atomic E-state index is -0.123. The molecule has 0 fully saturated rings. The second-order valence-corrected chi connectivity index (χ2v) is 6.60. The van der Waals surface area contributed by atoms with E-state index in [2.05, 4.69) is 32.2 Å². The van der Waals surface area contributed by atoms with Gasteiger partial charge in [-0.3, -0.25) is 19.6 Å². The standard InChI is InChI=1S/C21H17N5O/c27-13-17-12-26-18(11-23-17)9-21(25-26)15-5-6-22-20(8-15)16-7-14-3-1-2-4-19(14)24-10-16/h1-11,17,27H,12-13H2. The van der Waals surface area contributed by atoms with Crippen LogP contribution in [0.3, 0.4) is 0 Å². The molecular weight excluding hydrogens is 338 g/mol. The normalized spacial score (nSPS) is 15.8. The van der Waals surface area contributed by atoms with Crippen molar-refractivity contribution in [3.8, 4) is 22.5 Å². The molecule has 0 bridgehead atoms. The number of aliphatic hydroxyl groups excluding tert-OH is 1. The number of pyridine rings is 2. The fourth-order valence-electron chi connectivity index (χ4n) is 3.31. The molecule has 6 heteroatoms. The van der Waals surface area contributed by atoms with E-state index in [-0.39, 0.29) is 12.6 Å². The first kappa shape index (κ1) is 15.8. The van der Waals surface area contributed by atoms with Crippen LogP contribution in [0.2, 0.25) is 0 Å². The number of nitrogens with zero attached hydrogens (tertiary/aromatic N) is 5. The number of aromatic nitrogens is 4. The van der Waals surface area contributed by atoms with Crippen LogP contribution >= 0.6 is 0 Å². The zero-order valence-electron chi connectivity index (χ0n) is 14.5. The summed E-state index contributed by atoms with van der Waals surface area (Å²) in [6.45, 7) is 0.619. The Kier molecular flexibility index (Phi) is 3.76. The molecule has 3 aromatic heterocycles. The van der Waals surface area contributed by atoms with Crippen LogP contribution in [-0.4, -0.2) is 43.7 Å². The fourth-order valence-corrected chi connectivity index (χ4v) is 3.31. The molecule has 1 N–H and O–H groups in total. The predicted octanol–water partition coefficient (Wildman–Crippen LogP) is 2.95. The van der Waals surface area contributed by atoms with E-state index in [4.69, 9.17) is 0 Å². The molecule has 1 atom stereocenters. The van der Waals surface area contributed by atoms with Gasteiger partial charge in [-0.1, -0.05) is 18.2 Å². The van der Waals surface area contributed by atoms with Gasteiger partial charge in [0.05, 0.1) is 41.8 Å². The van der Waals surface area contributed by atoms with E-state index in [1.54, 1.807) is 12.4 Å². The summed E-state index contributed by atoms with van der Waals surface area (Å²) in [5, 5.41) is 15.1. The maximum Gasteiger partial charge on any atom is 0.0931 e. The van der Waals surface area contributed by atoms with Crippen LogP contribution in [0, 0.1) is 0 Å². The van der Waals surface area contributed by atoms with Crippen molar-refractivity contribution in [1.82, 2.24) is 19.7 Å². The molecule has 6 nitrogen and oxygen atoms in total. The van der Waals surface area contributed by atoms with Crippen molar-refractivity contribution < 1.29 is 5.11 Å². The third-order valence-corrected chi connectivity index (χ3v) is 4.77. The summed E-state index contributed by atoms with van der Waals surface area (Å²) in [6.07, 6.45) is 5.42. The summed E-state index contributed by atoms with van der Waals surface area (Å²) >= 11 is 0. The zero-order valence-corrected chi connectivity index (χ0v) is 14.5. The number of benzene rings is 1. The summed E-state index contributed by atoms with van der Waals surface area (Å²) in [5.74, 6) is 0. The topological polar surface area (TPSA) is 76.2 Å². The van der Waals surface area contributed by atoms with Crippen molar-refractivity contribution in [2.45, 2.75) is 12.6 Å². The van der Waals surface area contributed by atoms with Gasteiger partial charge in [-0.15, -0.1) is 0 Å². The second-order valence-electron chi connectivity index (χ2n) is 6.60. The summed E-state index contributed by atoms with van der Waals surface area (Å²) in [7, 11) is 0. The number of fused-ring (bicyclic) bond motifs is 2. The minimum absolute atomic E-state index is 0.0273. The van der Waals surface area contributed by atoms with Crippen LogP contribution in [0.4, 0.5) is 0 Å². The van der Waals surface area contributed by atoms with E-state index in [9.17, 15) is 5.11 Å². The molecule has 4 aromatic rings. The van der Waals surface area contributed by atoms with E-state index < -0.39 is 0 Å². The maximum atomic E-state index is 9.31. The average molecular weight is 355 g/mol. The van der Waals surface area contributed by atoms with Gasteiger partial charge in [0.25, 0.3) is 0 Å². The second kappa shape index (κ2) is 6.41. The molecule has 4 heterocycles. The van der Waals surface area contributed by atoms with Crippen molar-refractivity contribution in [3.63, 3.8) is 0 Å². The first-order valence-corrected chi connectivity index (χ1v) is 8.83. The molecule has 0 aliphatic carbocycles. The highest BCUT2D eigenvalue weighted by atomic mass is 16.3. The van der Waals surface area contributed by atoms with E-state index in [0.29, 0.717) is 6.54 Å². The van der Waals surface area contributed by atoms with E-state index in [0.717, 1.165) is 39.1 Å². The number of para-hydroxylation sites is 1. The van der Waals surface area contributed by atoms with Crippen LogP contribution in [0.25, 0.3) is 33.4 Å². The lowest BCUT2D eigenvalue weighted by Gasteiger charge is -2.14. The molecule has 27 heavy (non-hydrogen) atoms. The zero-order chi connectivity index (χ0) is 18.2. The Bertz CT molecular complexity index is 1160. The van der Waals surface area contributed by atoms with Gasteiger partial charge in [-0.05, 0) is 30.3 Å². The Morgan fingerprint density at radius 2 is 1.93 bits per heavy atom. The van der Waals surface area contributed by atoms with Crippen molar-refractivity contribution in [3.05, 3.63) is 66.6 Å². The third kappa shape index (κ3) is 2.90. The lowest BCUT2D eigenvalue weighted by Crippen LogP contribution is -2.24. The lowest BCUT2D eigenvalue weighted by molar-refractivity contribution is 0.250. The Morgan fingerprint density at radius 3 is 2.85 bits per heavy atom. The highest BCUT2D eigenvalue weighted by Gasteiger charge is 2.17. The summed E-state index contributed by atoms with van der Waals surface area (Å²) in [5.41, 5.74) is 5.61. The number of rotatable bonds is 3. The molecule has 0 saturated carbocycles. The van der Waals surface area contributed by atoms with E-state index in [1.807, 2.05) is 47.3 Å². The van der Waals surface area contributed by atoms with Crippen LogP contribution < -0.4 is 0 Å². The smallest absolute Gasteiger partial charge is 0.0931 e. The van der Waals surface area contributed by atoms with Crippen LogP contribution in [0.1, 0.15) is 5.69 Å². The minimum Gasteiger partial charge on any atom is -0.394 e. The molecule has 0 saturated heterocycles. The summed E-state index contributed by atoms with van der Waals surface area (Å²) in [6, 6.07) is 16.0. The van der Waals surface area contributed by atoms with Crippen LogP contribution in [0.15, 0.2) is 65.9 Å². The molecular formula is C21H17N5O. The Balaban J connectivity index is 1.52. The molecule has 1 unspecified atom stereocenters. The molecule has 0 spiro atoms. The predicted molar refractivity (Wildman–Crippen MR) is 105 cm³/mol. The highest BCUT2D eigenvalue weighted by molar-refractivity contribution is 5.84. The molecule has 132 valence electrons. The average Bonchev–Trinajstić information content (AvgIpc) is 3.17. The Morgan fingerprint density at radius 1 is 1.00 bits per heavy atom. The molecule has 1 aliphatic rings. The summed E-state index contributed by atoms with van der Waals surface area (Å²) in [4.78, 5) is 13.4. The monoisotopic (exact) mass is 355 g/mol. The largest absolute Gasteiger partial charge is 0.394 e.